The molecule has 0 radical (unpaired) electrons. The largest absolute Gasteiger partial charge is 0.490 e. The molecule has 1 aliphatic heterocycles. The number of fused-ring (bicyclic) bond motifs is 1. The maximum atomic E-state index is 12.9. The number of hydrogen-bond acceptors (Lipinski definition) is 6. The first-order chi connectivity index (χ1) is 15.7. The van der Waals surface area contributed by atoms with E-state index >= 15 is 0 Å². The molecule has 0 aliphatic carbocycles. The van der Waals surface area contributed by atoms with E-state index in [0.717, 1.165) is 0 Å². The van der Waals surface area contributed by atoms with Gasteiger partial charge in [0.2, 0.25) is 0 Å². The fourth-order valence-corrected chi connectivity index (χ4v) is 3.18. The number of urea groups is 1. The Balaban J connectivity index is 1.54. The molecule has 9 nitrogen and oxygen atoms in total. The van der Waals surface area contributed by atoms with Gasteiger partial charge in [0.05, 0.1) is 12.2 Å². The second-order valence-corrected chi connectivity index (χ2v) is 6.90. The molecule has 0 fully saturated rings. The molecular formula is C23H23N5O4. The molecule has 4 rings (SSSR count). The van der Waals surface area contributed by atoms with Crippen LogP contribution in [0.25, 0.3) is 0 Å². The Labute approximate surface area is 185 Å². The predicted octanol–water partition coefficient (Wildman–Crippen LogP) is 3.10. The van der Waals surface area contributed by atoms with Gasteiger partial charge in [-0.3, -0.25) is 9.69 Å². The van der Waals surface area contributed by atoms with Crippen LogP contribution in [0.4, 0.5) is 22.0 Å². The summed E-state index contributed by atoms with van der Waals surface area (Å²) in [6.07, 6.45) is 0. The Morgan fingerprint density at radius 3 is 2.62 bits per heavy atom. The molecule has 32 heavy (non-hydrogen) atoms. The summed E-state index contributed by atoms with van der Waals surface area (Å²) in [5.74, 6) is 0.787. The van der Waals surface area contributed by atoms with E-state index in [1.165, 1.54) is 4.90 Å². The average Bonchev–Trinajstić information content (AvgIpc) is 2.83. The van der Waals surface area contributed by atoms with Crippen LogP contribution in [0.2, 0.25) is 0 Å². The third-order valence-electron chi connectivity index (χ3n) is 4.68. The Bertz CT molecular complexity index is 1110. The van der Waals surface area contributed by atoms with Gasteiger partial charge in [-0.25, -0.2) is 9.78 Å². The van der Waals surface area contributed by atoms with Crippen LogP contribution in [0, 0.1) is 0 Å². The van der Waals surface area contributed by atoms with E-state index in [1.54, 1.807) is 48.5 Å². The minimum atomic E-state index is -0.439. The van der Waals surface area contributed by atoms with E-state index in [0.29, 0.717) is 49.2 Å². The van der Waals surface area contributed by atoms with Crippen LogP contribution in [-0.4, -0.2) is 43.2 Å². The van der Waals surface area contributed by atoms with Crippen LogP contribution in [0.15, 0.2) is 66.7 Å². The van der Waals surface area contributed by atoms with Crippen LogP contribution in [0.5, 0.6) is 11.5 Å². The smallest absolute Gasteiger partial charge is 0.327 e. The number of anilines is 3. The highest BCUT2D eigenvalue weighted by Crippen LogP contribution is 2.31. The number of carbonyl (C=O) groups excluding carboxylic acids is 2. The summed E-state index contributed by atoms with van der Waals surface area (Å²) in [6, 6.07) is 19.0. The van der Waals surface area contributed by atoms with Crippen molar-refractivity contribution < 1.29 is 19.1 Å². The van der Waals surface area contributed by atoms with E-state index < -0.39 is 5.91 Å². The Morgan fingerprint density at radius 2 is 1.81 bits per heavy atom. The number of aromatic nitrogens is 1. The number of para-hydroxylation sites is 3. The average molecular weight is 433 g/mol. The van der Waals surface area contributed by atoms with Gasteiger partial charge in [0.1, 0.15) is 24.7 Å². The Morgan fingerprint density at radius 1 is 1.03 bits per heavy atom. The third-order valence-corrected chi connectivity index (χ3v) is 4.68. The number of ether oxygens (including phenoxy) is 2. The highest BCUT2D eigenvalue weighted by Gasteiger charge is 2.27. The van der Waals surface area contributed by atoms with Crippen LogP contribution in [-0.2, 0) is 0 Å². The summed E-state index contributed by atoms with van der Waals surface area (Å²) in [4.78, 5) is 31.6. The summed E-state index contributed by atoms with van der Waals surface area (Å²) in [5.41, 5.74) is 6.80. The SMILES string of the molecule is NCCOc1ccccc1NC(=O)c1ccc2c(n1)N(C(=O)Nc1ccccc1)CCO2. The zero-order chi connectivity index (χ0) is 22.3. The second kappa shape index (κ2) is 9.80. The van der Waals surface area contributed by atoms with Gasteiger partial charge in [-0.15, -0.1) is 0 Å². The van der Waals surface area contributed by atoms with E-state index in [-0.39, 0.29) is 17.5 Å². The fraction of sp³-hybridized carbons (Fsp3) is 0.174. The van der Waals surface area contributed by atoms with Crippen molar-refractivity contribution in [2.45, 2.75) is 0 Å². The number of carbonyl (C=O) groups is 2. The summed E-state index contributed by atoms with van der Waals surface area (Å²) < 4.78 is 11.2. The highest BCUT2D eigenvalue weighted by atomic mass is 16.5. The highest BCUT2D eigenvalue weighted by molar-refractivity contribution is 6.05. The summed E-state index contributed by atoms with van der Waals surface area (Å²) >= 11 is 0. The molecule has 3 amide bonds. The normalized spacial score (nSPS) is 12.3. The Hall–Kier alpha value is -4.11. The first kappa shape index (κ1) is 21.1. The van der Waals surface area contributed by atoms with Crippen molar-refractivity contribution in [3.63, 3.8) is 0 Å². The summed E-state index contributed by atoms with van der Waals surface area (Å²) in [7, 11) is 0. The lowest BCUT2D eigenvalue weighted by atomic mass is 10.2. The number of nitrogens with one attached hydrogen (secondary N) is 2. The minimum Gasteiger partial charge on any atom is -0.490 e. The lowest BCUT2D eigenvalue weighted by molar-refractivity contribution is 0.102. The first-order valence-electron chi connectivity index (χ1n) is 10.2. The molecule has 0 unspecified atom stereocenters. The van der Waals surface area contributed by atoms with Crippen molar-refractivity contribution in [3.8, 4) is 11.5 Å². The lowest BCUT2D eigenvalue weighted by Gasteiger charge is -2.28. The van der Waals surface area contributed by atoms with Crippen molar-refractivity contribution in [1.29, 1.82) is 0 Å². The van der Waals surface area contributed by atoms with Crippen molar-refractivity contribution in [2.75, 3.05) is 41.8 Å². The minimum absolute atomic E-state index is 0.139. The van der Waals surface area contributed by atoms with Crippen molar-refractivity contribution in [3.05, 3.63) is 72.4 Å². The second-order valence-electron chi connectivity index (χ2n) is 6.90. The molecule has 0 atom stereocenters. The topological polar surface area (TPSA) is 119 Å². The number of nitrogens with two attached hydrogens (primary N) is 1. The molecule has 164 valence electrons. The third kappa shape index (κ3) is 4.79. The van der Waals surface area contributed by atoms with Crippen molar-refractivity contribution in [1.82, 2.24) is 4.98 Å². The molecule has 0 saturated carbocycles. The molecule has 0 spiro atoms. The number of hydrogen-bond donors (Lipinski definition) is 3. The molecule has 2 heterocycles. The molecule has 0 bridgehead atoms. The standard InChI is InChI=1S/C23H23N5O4/c24-12-14-31-19-9-5-4-8-17(19)27-22(29)18-10-11-20-21(26-18)28(13-15-32-20)23(30)25-16-6-2-1-3-7-16/h1-11H,12-15,24H2,(H,25,30)(H,27,29). The number of pyridine rings is 1. The van der Waals surface area contributed by atoms with Gasteiger partial charge in [-0.2, -0.15) is 0 Å². The summed E-state index contributed by atoms with van der Waals surface area (Å²) in [5, 5.41) is 5.63. The number of nitrogens with zero attached hydrogens (tertiary/aromatic N) is 2. The summed E-state index contributed by atoms with van der Waals surface area (Å²) in [6.45, 7) is 1.32. The quantitative estimate of drug-likeness (QED) is 0.550. The molecule has 1 aliphatic rings. The van der Waals surface area contributed by atoms with Crippen LogP contribution < -0.4 is 30.7 Å². The molecule has 4 N–H and O–H groups in total. The number of amides is 3. The van der Waals surface area contributed by atoms with Gasteiger partial charge in [0.15, 0.2) is 11.6 Å². The van der Waals surface area contributed by atoms with Crippen LogP contribution in [0.1, 0.15) is 10.5 Å². The monoisotopic (exact) mass is 433 g/mol. The molecule has 3 aromatic rings. The van der Waals surface area contributed by atoms with E-state index in [1.807, 2.05) is 18.2 Å². The molecular weight excluding hydrogens is 410 g/mol. The maximum Gasteiger partial charge on any atom is 0.327 e. The van der Waals surface area contributed by atoms with Gasteiger partial charge in [-0.05, 0) is 36.4 Å². The van der Waals surface area contributed by atoms with Gasteiger partial charge < -0.3 is 25.8 Å². The van der Waals surface area contributed by atoms with Crippen LogP contribution in [0.3, 0.4) is 0 Å². The lowest BCUT2D eigenvalue weighted by Crippen LogP contribution is -2.41. The zero-order valence-electron chi connectivity index (χ0n) is 17.3. The van der Waals surface area contributed by atoms with Crippen LogP contribution >= 0.6 is 0 Å². The number of benzene rings is 2. The Kier molecular flexibility index (Phi) is 6.47. The predicted molar refractivity (Wildman–Crippen MR) is 121 cm³/mol. The van der Waals surface area contributed by atoms with Gasteiger partial charge in [0, 0.05) is 12.2 Å². The number of rotatable bonds is 6. The molecule has 1 aromatic heterocycles. The first-order valence-corrected chi connectivity index (χ1v) is 10.2. The molecule has 2 aromatic carbocycles. The van der Waals surface area contributed by atoms with Gasteiger partial charge >= 0.3 is 6.03 Å². The van der Waals surface area contributed by atoms with E-state index in [4.69, 9.17) is 15.2 Å². The maximum absolute atomic E-state index is 12.9. The zero-order valence-corrected chi connectivity index (χ0v) is 17.3. The van der Waals surface area contributed by atoms with E-state index in [9.17, 15) is 9.59 Å². The van der Waals surface area contributed by atoms with Gasteiger partial charge in [-0.1, -0.05) is 30.3 Å². The molecule has 9 heteroatoms. The molecule has 0 saturated heterocycles. The van der Waals surface area contributed by atoms with Crippen molar-refractivity contribution in [2.24, 2.45) is 5.73 Å². The van der Waals surface area contributed by atoms with Gasteiger partial charge in [0.25, 0.3) is 5.91 Å². The van der Waals surface area contributed by atoms with Crippen molar-refractivity contribution >= 4 is 29.1 Å². The fourth-order valence-electron chi connectivity index (χ4n) is 3.18. The van der Waals surface area contributed by atoms with E-state index in [2.05, 4.69) is 15.6 Å².